The standard InChI is InChI=1S/C6H14O2.Na/c1-5(2,7)6(3,4)8;/h7-8H,1-4H3;. The Morgan fingerprint density at radius 1 is 0.778 bits per heavy atom. The number of rotatable bonds is 1. The summed E-state index contributed by atoms with van der Waals surface area (Å²) in [6.45, 7) is 6.31. The monoisotopic (exact) mass is 141 g/mol. The molecule has 1 radical (unpaired) electrons. The molecule has 2 nitrogen and oxygen atoms in total. The van der Waals surface area contributed by atoms with Crippen LogP contribution in [0.5, 0.6) is 0 Å². The Kier molecular flexibility index (Phi) is 4.69. The fraction of sp³-hybridized carbons (Fsp3) is 1.00. The third kappa shape index (κ3) is 4.34. The van der Waals surface area contributed by atoms with Crippen molar-refractivity contribution in [2.45, 2.75) is 38.9 Å². The average Bonchev–Trinajstić information content (AvgIpc) is 1.25. The molecule has 0 aliphatic rings. The summed E-state index contributed by atoms with van der Waals surface area (Å²) in [5, 5.41) is 18.2. The van der Waals surface area contributed by atoms with Gasteiger partial charge in [-0.2, -0.15) is 0 Å². The van der Waals surface area contributed by atoms with Crippen LogP contribution in [0.15, 0.2) is 0 Å². The number of aliphatic hydroxyl groups is 2. The Hall–Kier alpha value is 0.920. The van der Waals surface area contributed by atoms with Gasteiger partial charge in [-0.15, -0.1) is 0 Å². The normalized spacial score (nSPS) is 12.7. The van der Waals surface area contributed by atoms with Crippen LogP contribution < -0.4 is 0 Å². The fourth-order valence-electron chi connectivity index (χ4n) is 0. The molecule has 9 heavy (non-hydrogen) atoms. The van der Waals surface area contributed by atoms with Crippen molar-refractivity contribution in [1.82, 2.24) is 0 Å². The maximum atomic E-state index is 9.10. The molecule has 0 aromatic rings. The van der Waals surface area contributed by atoms with Crippen molar-refractivity contribution in [2.75, 3.05) is 0 Å². The van der Waals surface area contributed by atoms with E-state index in [0.29, 0.717) is 0 Å². The van der Waals surface area contributed by atoms with Crippen LogP contribution in [0.4, 0.5) is 0 Å². The maximum Gasteiger partial charge on any atom is 0.0872 e. The van der Waals surface area contributed by atoms with Gasteiger partial charge in [0.2, 0.25) is 0 Å². The van der Waals surface area contributed by atoms with Gasteiger partial charge in [0.05, 0.1) is 11.2 Å². The van der Waals surface area contributed by atoms with Crippen LogP contribution >= 0.6 is 0 Å². The van der Waals surface area contributed by atoms with E-state index in [2.05, 4.69) is 0 Å². The molecule has 0 atom stereocenters. The zero-order chi connectivity index (χ0) is 7.00. The van der Waals surface area contributed by atoms with E-state index >= 15 is 0 Å². The van der Waals surface area contributed by atoms with Crippen molar-refractivity contribution in [3.63, 3.8) is 0 Å². The largest absolute Gasteiger partial charge is 0.387 e. The van der Waals surface area contributed by atoms with Gasteiger partial charge in [0, 0.05) is 29.6 Å². The Morgan fingerprint density at radius 3 is 0.889 bits per heavy atom. The zero-order valence-electron chi connectivity index (χ0n) is 6.89. The smallest absolute Gasteiger partial charge is 0.0872 e. The predicted molar refractivity (Wildman–Crippen MR) is 38.3 cm³/mol. The van der Waals surface area contributed by atoms with Gasteiger partial charge in [-0.3, -0.25) is 0 Å². The fourth-order valence-corrected chi connectivity index (χ4v) is 0. The molecule has 0 fully saturated rings. The van der Waals surface area contributed by atoms with Crippen LogP contribution in [0.3, 0.4) is 0 Å². The van der Waals surface area contributed by atoms with Gasteiger partial charge in [-0.1, -0.05) is 0 Å². The molecule has 0 bridgehead atoms. The van der Waals surface area contributed by atoms with Gasteiger partial charge >= 0.3 is 0 Å². The third-order valence-electron chi connectivity index (χ3n) is 1.50. The van der Waals surface area contributed by atoms with E-state index in [1.807, 2.05) is 0 Å². The number of hydrogen-bond donors (Lipinski definition) is 2. The summed E-state index contributed by atoms with van der Waals surface area (Å²) in [4.78, 5) is 0. The van der Waals surface area contributed by atoms with Crippen LogP contribution in [0.1, 0.15) is 27.7 Å². The van der Waals surface area contributed by atoms with Crippen molar-refractivity contribution in [1.29, 1.82) is 0 Å². The van der Waals surface area contributed by atoms with Gasteiger partial charge in [0.25, 0.3) is 0 Å². The molecule has 0 saturated heterocycles. The second kappa shape index (κ2) is 3.35. The molecule has 0 spiro atoms. The molecule has 51 valence electrons. The Balaban J connectivity index is 0. The molecule has 0 aromatic heterocycles. The van der Waals surface area contributed by atoms with Gasteiger partial charge in [0.15, 0.2) is 0 Å². The molecule has 0 heterocycles. The molecule has 0 aliphatic carbocycles. The molecule has 0 amide bonds. The van der Waals surface area contributed by atoms with Crippen LogP contribution in [0.25, 0.3) is 0 Å². The molecule has 0 saturated carbocycles. The predicted octanol–water partition coefficient (Wildman–Crippen LogP) is 0.147. The summed E-state index contributed by atoms with van der Waals surface area (Å²) in [6.07, 6.45) is 0. The van der Waals surface area contributed by atoms with Gasteiger partial charge < -0.3 is 10.2 Å². The van der Waals surface area contributed by atoms with Crippen LogP contribution in [-0.4, -0.2) is 51.0 Å². The Labute approximate surface area is 78.6 Å². The molecule has 0 unspecified atom stereocenters. The van der Waals surface area contributed by atoms with Crippen molar-refractivity contribution in [3.8, 4) is 0 Å². The van der Waals surface area contributed by atoms with Crippen LogP contribution in [-0.2, 0) is 0 Å². The molecular formula is C6H14NaO2. The van der Waals surface area contributed by atoms with E-state index in [9.17, 15) is 0 Å². The summed E-state index contributed by atoms with van der Waals surface area (Å²) >= 11 is 0. The van der Waals surface area contributed by atoms with Crippen molar-refractivity contribution >= 4 is 29.6 Å². The van der Waals surface area contributed by atoms with Crippen molar-refractivity contribution < 1.29 is 10.2 Å². The van der Waals surface area contributed by atoms with Crippen molar-refractivity contribution in [3.05, 3.63) is 0 Å². The topological polar surface area (TPSA) is 40.5 Å². The summed E-state index contributed by atoms with van der Waals surface area (Å²) in [5.41, 5.74) is -2.01. The van der Waals surface area contributed by atoms with E-state index in [4.69, 9.17) is 10.2 Å². The molecule has 2 N–H and O–H groups in total. The van der Waals surface area contributed by atoms with Gasteiger partial charge in [-0.25, -0.2) is 0 Å². The van der Waals surface area contributed by atoms with Crippen LogP contribution in [0.2, 0.25) is 0 Å². The molecule has 3 heteroatoms. The molecule has 0 aromatic carbocycles. The summed E-state index contributed by atoms with van der Waals surface area (Å²) in [6, 6.07) is 0. The van der Waals surface area contributed by atoms with E-state index in [1.54, 1.807) is 27.7 Å². The first-order chi connectivity index (χ1) is 3.25. The first-order valence-corrected chi connectivity index (χ1v) is 2.70. The first-order valence-electron chi connectivity index (χ1n) is 2.70. The zero-order valence-corrected chi connectivity index (χ0v) is 8.89. The Bertz CT molecular complexity index is 66.0. The SMILES string of the molecule is CC(C)(O)C(C)(C)O.[Na]. The first kappa shape index (κ1) is 12.6. The maximum absolute atomic E-state index is 9.10. The van der Waals surface area contributed by atoms with E-state index < -0.39 is 11.2 Å². The minimum Gasteiger partial charge on any atom is -0.387 e. The molecule has 0 rings (SSSR count). The minimum atomic E-state index is -1.01. The number of hydrogen-bond acceptors (Lipinski definition) is 2. The van der Waals surface area contributed by atoms with E-state index in [1.165, 1.54) is 0 Å². The third-order valence-corrected chi connectivity index (χ3v) is 1.50. The molecular weight excluding hydrogens is 127 g/mol. The van der Waals surface area contributed by atoms with Crippen LogP contribution in [0, 0.1) is 0 Å². The summed E-state index contributed by atoms with van der Waals surface area (Å²) in [5.74, 6) is 0. The quantitative estimate of drug-likeness (QED) is 0.510. The van der Waals surface area contributed by atoms with E-state index in [-0.39, 0.29) is 29.6 Å². The van der Waals surface area contributed by atoms with Gasteiger partial charge in [0.1, 0.15) is 0 Å². The average molecular weight is 141 g/mol. The second-order valence-corrected chi connectivity index (χ2v) is 3.12. The second-order valence-electron chi connectivity index (χ2n) is 3.12. The Morgan fingerprint density at radius 2 is 0.889 bits per heavy atom. The van der Waals surface area contributed by atoms with E-state index in [0.717, 1.165) is 0 Å². The summed E-state index contributed by atoms with van der Waals surface area (Å²) < 4.78 is 0. The minimum absolute atomic E-state index is 0. The van der Waals surface area contributed by atoms with Crippen molar-refractivity contribution in [2.24, 2.45) is 0 Å². The van der Waals surface area contributed by atoms with Gasteiger partial charge in [-0.05, 0) is 27.7 Å². The molecule has 0 aliphatic heterocycles. The summed E-state index contributed by atoms with van der Waals surface area (Å²) in [7, 11) is 0.